The van der Waals surface area contributed by atoms with E-state index in [1.54, 1.807) is 33.3 Å². The van der Waals surface area contributed by atoms with Gasteiger partial charge in [-0.1, -0.05) is 77.5 Å². The summed E-state index contributed by atoms with van der Waals surface area (Å²) in [7, 11) is 3.34. The Hall–Kier alpha value is -2.80. The molecule has 20 atom stereocenters. The second-order valence-corrected chi connectivity index (χ2v) is 21.9. The first-order chi connectivity index (χ1) is 32.8. The molecule has 386 valence electrons. The van der Waals surface area contributed by atoms with Gasteiger partial charge in [0.1, 0.15) is 35.9 Å². The summed E-state index contributed by atoms with van der Waals surface area (Å²) in [5.74, 6) is -2.58. The Balaban J connectivity index is 1.04. The van der Waals surface area contributed by atoms with E-state index in [4.69, 9.17) is 47.4 Å². The fourth-order valence-electron chi connectivity index (χ4n) is 11.9. The van der Waals surface area contributed by atoms with Crippen molar-refractivity contribution in [2.45, 2.75) is 217 Å². The van der Waals surface area contributed by atoms with Gasteiger partial charge < -0.3 is 62.9 Å². The number of allylic oxidation sites excluding steroid dienone is 2. The largest absolute Gasteiger partial charge is 0.462 e. The highest BCUT2D eigenvalue weighted by Gasteiger charge is 2.60. The third kappa shape index (κ3) is 11.0. The minimum Gasteiger partial charge on any atom is -0.462 e. The zero-order valence-electron chi connectivity index (χ0n) is 42.8. The average Bonchev–Trinajstić information content (AvgIpc) is 4.06. The van der Waals surface area contributed by atoms with Crippen molar-refractivity contribution in [2.24, 2.45) is 29.1 Å². The molecule has 1 spiro atoms. The van der Waals surface area contributed by atoms with Crippen LogP contribution in [0.1, 0.15) is 120 Å². The molecular weight excluding hydrogens is 887 g/mol. The fraction of sp³-hybridized carbons (Fsp3) is 0.778. The molecule has 1 amide bonds. The van der Waals surface area contributed by atoms with Crippen LogP contribution >= 0.6 is 0 Å². The lowest BCUT2D eigenvalue weighted by Crippen LogP contribution is -2.58. The molecule has 0 aromatic heterocycles. The van der Waals surface area contributed by atoms with Gasteiger partial charge >= 0.3 is 5.97 Å². The molecule has 1 saturated carbocycles. The number of carbonyl (C=O) groups excluding carboxylic acids is 2. The van der Waals surface area contributed by atoms with Gasteiger partial charge in [-0.2, -0.15) is 0 Å². The minimum atomic E-state index is -1.84. The van der Waals surface area contributed by atoms with Crippen molar-refractivity contribution >= 4 is 11.9 Å². The highest BCUT2D eigenvalue weighted by atomic mass is 16.7. The Kier molecular flexibility index (Phi) is 16.2. The van der Waals surface area contributed by atoms with E-state index in [-0.39, 0.29) is 54.6 Å². The van der Waals surface area contributed by atoms with Gasteiger partial charge in [0.2, 0.25) is 5.91 Å². The maximum absolute atomic E-state index is 14.4. The van der Waals surface area contributed by atoms with Crippen LogP contribution < -0.4 is 5.32 Å². The van der Waals surface area contributed by atoms with Crippen LogP contribution in [-0.2, 0) is 57.0 Å². The number of aliphatic hydroxyl groups is 2. The fourth-order valence-corrected chi connectivity index (χ4v) is 11.9. The lowest BCUT2D eigenvalue weighted by molar-refractivity contribution is -0.323. The Bertz CT molecular complexity index is 2000. The number of ether oxygens (including phenoxy) is 10. The lowest BCUT2D eigenvalue weighted by Gasteiger charge is -2.49. The maximum Gasteiger partial charge on any atom is 0.316 e. The summed E-state index contributed by atoms with van der Waals surface area (Å²) < 4.78 is 65.3. The second kappa shape index (κ2) is 21.3. The molecule has 4 saturated heterocycles. The molecule has 4 unspecified atom stereocenters. The molecule has 8 aliphatic rings. The number of amides is 1. The van der Waals surface area contributed by atoms with Crippen molar-refractivity contribution in [1.29, 1.82) is 0 Å². The second-order valence-electron chi connectivity index (χ2n) is 21.9. The van der Waals surface area contributed by atoms with E-state index in [0.29, 0.717) is 49.7 Å². The number of fused-ring (bicyclic) bond motifs is 2. The zero-order valence-corrected chi connectivity index (χ0v) is 42.8. The number of hydrogen-bond donors (Lipinski definition) is 3. The maximum atomic E-state index is 14.4. The summed E-state index contributed by atoms with van der Waals surface area (Å²) in [5, 5.41) is 27.0. The summed E-state index contributed by atoms with van der Waals surface area (Å²) in [6.07, 6.45) is 12.0. The molecule has 69 heavy (non-hydrogen) atoms. The predicted molar refractivity (Wildman–Crippen MR) is 255 cm³/mol. The van der Waals surface area contributed by atoms with E-state index in [2.05, 4.69) is 45.2 Å². The summed E-state index contributed by atoms with van der Waals surface area (Å²) in [6, 6.07) is 0.276. The molecule has 8 rings (SSSR count). The van der Waals surface area contributed by atoms with Crippen molar-refractivity contribution in [3.8, 4) is 0 Å². The van der Waals surface area contributed by atoms with Crippen LogP contribution in [0.3, 0.4) is 0 Å². The molecule has 15 heteroatoms. The molecule has 2 bridgehead atoms. The quantitative estimate of drug-likeness (QED) is 0.147. The summed E-state index contributed by atoms with van der Waals surface area (Å²) >= 11 is 0. The molecule has 0 aromatic carbocycles. The van der Waals surface area contributed by atoms with Crippen LogP contribution in [0.2, 0.25) is 0 Å². The molecule has 6 heterocycles. The number of aliphatic hydroxyl groups excluding tert-OH is 1. The van der Waals surface area contributed by atoms with Crippen molar-refractivity contribution in [2.75, 3.05) is 20.8 Å². The van der Waals surface area contributed by atoms with Gasteiger partial charge in [0.25, 0.3) is 0 Å². The Morgan fingerprint density at radius 1 is 0.957 bits per heavy atom. The zero-order chi connectivity index (χ0) is 49.6. The third-order valence-electron chi connectivity index (χ3n) is 16.7. The van der Waals surface area contributed by atoms with Gasteiger partial charge in [0.05, 0.1) is 49.3 Å². The first-order valence-corrected chi connectivity index (χ1v) is 25.8. The lowest BCUT2D eigenvalue weighted by atomic mass is 9.71. The summed E-state index contributed by atoms with van der Waals surface area (Å²) in [4.78, 5) is 27.4. The molecule has 0 radical (unpaired) electrons. The van der Waals surface area contributed by atoms with Crippen LogP contribution in [0.5, 0.6) is 0 Å². The number of esters is 1. The van der Waals surface area contributed by atoms with Gasteiger partial charge in [-0.25, -0.2) is 0 Å². The summed E-state index contributed by atoms with van der Waals surface area (Å²) in [6.45, 7) is 18.4. The Morgan fingerprint density at radius 2 is 1.71 bits per heavy atom. The Morgan fingerprint density at radius 3 is 2.42 bits per heavy atom. The minimum absolute atomic E-state index is 0.0149. The summed E-state index contributed by atoms with van der Waals surface area (Å²) in [5.41, 5.74) is -0.419. The topological polar surface area (TPSA) is 179 Å². The van der Waals surface area contributed by atoms with E-state index in [9.17, 15) is 19.8 Å². The number of carbonyl (C=O) groups is 2. The highest BCUT2D eigenvalue weighted by Crippen LogP contribution is 2.48. The van der Waals surface area contributed by atoms with Crippen LogP contribution in [0.15, 0.2) is 59.3 Å². The third-order valence-corrected chi connectivity index (χ3v) is 16.7. The van der Waals surface area contributed by atoms with Gasteiger partial charge in [-0.3, -0.25) is 9.59 Å². The number of methoxy groups -OCH3 is 2. The predicted octanol–water partition coefficient (Wildman–Crippen LogP) is 6.69. The van der Waals surface area contributed by atoms with Gasteiger partial charge in [0.15, 0.2) is 18.4 Å². The highest BCUT2D eigenvalue weighted by molar-refractivity contribution is 5.79. The number of hydrogen-bond acceptors (Lipinski definition) is 14. The normalized spacial score (nSPS) is 47.4. The molecular formula is C54H81NO14. The van der Waals surface area contributed by atoms with Gasteiger partial charge in [0, 0.05) is 69.6 Å². The SMILES string of the molecule is CCC(C)[C@H]1O[C@]2(C=C[C@@H]1C)C[C@@H]1C[C@@H](C/C=C(\C)[C@@H](OC3C[C@H](OC)[C@@H](OC4C[C@H](OC)[C@@](C)(CC(=O)NC5CC5)[C@H](C)O4)[C@H](C)O3)C(C)/C=C/C=C3\CO[C@@H]4[C@H](O)C(C)=C[C@@H](C(=O)O1)[C@]34O)O2. The van der Waals surface area contributed by atoms with Crippen LogP contribution in [-0.4, -0.2) is 140 Å². The molecule has 6 aliphatic heterocycles. The van der Waals surface area contributed by atoms with Gasteiger partial charge in [-0.05, 0) is 75.7 Å². The monoisotopic (exact) mass is 968 g/mol. The first kappa shape index (κ1) is 52.5. The van der Waals surface area contributed by atoms with Crippen molar-refractivity contribution < 1.29 is 67.2 Å². The van der Waals surface area contributed by atoms with E-state index >= 15 is 0 Å². The van der Waals surface area contributed by atoms with Crippen LogP contribution in [0.4, 0.5) is 0 Å². The number of nitrogens with one attached hydrogen (secondary N) is 1. The van der Waals surface area contributed by atoms with Crippen molar-refractivity contribution in [3.05, 3.63) is 59.3 Å². The van der Waals surface area contributed by atoms with E-state index < -0.39 is 90.1 Å². The molecule has 5 fully saturated rings. The molecule has 15 nitrogen and oxygen atoms in total. The van der Waals surface area contributed by atoms with Crippen molar-refractivity contribution in [1.82, 2.24) is 5.32 Å². The standard InChI is InChI=1S/C54H81NO14/c1-12-29(2)48-32(5)20-21-53(69-48)26-39-23-38(68-53)19-16-31(4)47(30(3)14-13-15-36-28-62-50-46(57)33(6)22-40(51(58)65-39)54(36,50)59)66-44-24-41(60-10)49(34(7)63-44)67-45-25-42(61-11)52(9,35(8)64-45)27-43(56)55-37-17-18-37/h13-16,20-22,29-30,32,34-35,37-42,44-50,57,59H,12,17-19,23-28H2,1-11H3,(H,55,56)/b14-13+,31-16+,36-15+/t29?,30?,32-,34-,35-,38+,39-,40-,41-,42-,44?,45?,46+,47-,48+,49-,50+,52-,53+,54+/m0/s1. The number of rotatable bonds is 11. The van der Waals surface area contributed by atoms with E-state index in [0.717, 1.165) is 24.8 Å². The molecule has 0 aromatic rings. The Labute approximate surface area is 409 Å². The van der Waals surface area contributed by atoms with Crippen molar-refractivity contribution in [3.63, 3.8) is 0 Å². The van der Waals surface area contributed by atoms with Gasteiger partial charge in [-0.15, -0.1) is 0 Å². The van der Waals surface area contributed by atoms with E-state index in [1.165, 1.54) is 0 Å². The smallest absolute Gasteiger partial charge is 0.316 e. The first-order valence-electron chi connectivity index (χ1n) is 25.8. The molecule has 2 aliphatic carbocycles. The van der Waals surface area contributed by atoms with Crippen LogP contribution in [0.25, 0.3) is 0 Å². The molecule has 3 N–H and O–H groups in total. The van der Waals surface area contributed by atoms with E-state index in [1.807, 2.05) is 45.9 Å². The average molecular weight is 968 g/mol. The van der Waals surface area contributed by atoms with Crippen LogP contribution in [0, 0.1) is 29.1 Å².